The number of hydrogen-bond donors (Lipinski definition) is 1. The van der Waals surface area contributed by atoms with Crippen LogP contribution in [0.2, 0.25) is 0 Å². The van der Waals surface area contributed by atoms with Crippen LogP contribution in [0.1, 0.15) is 98.5 Å². The molecule has 1 aromatic heterocycles. The largest absolute Gasteiger partial charge is 0.343 e. The van der Waals surface area contributed by atoms with Crippen molar-refractivity contribution in [2.45, 2.75) is 120 Å². The van der Waals surface area contributed by atoms with E-state index in [2.05, 4.69) is 5.32 Å². The summed E-state index contributed by atoms with van der Waals surface area (Å²) in [5, 5.41) is 4.58. The summed E-state index contributed by atoms with van der Waals surface area (Å²) >= 11 is 1.66. The van der Waals surface area contributed by atoms with Crippen molar-refractivity contribution in [3.63, 3.8) is 0 Å². The third kappa shape index (κ3) is 7.27. The Morgan fingerprint density at radius 3 is 2.35 bits per heavy atom. The second-order valence-electron chi connectivity index (χ2n) is 15.3. The predicted molar refractivity (Wildman–Crippen MR) is 177 cm³/mol. The maximum atomic E-state index is 14.3. The number of halogens is 2. The standard InChI is InChI=1S/C35H50F2N6O4S/c1-22-28-19-31(45)42-15-8-24(16-30(44)40-11-2-3-12-40)25(20-42)17-32(46)43-21-27(38-26-4-9-35(36,37)10-5-26)18-29(43)34(47)41-13-6-23(7-14-41)33(39-28)48-22/h23-27,29,38H,2-21H2,1H3/t24-,25-,27-,29-/m0/s1. The van der Waals surface area contributed by atoms with E-state index in [1.54, 1.807) is 16.2 Å². The molecule has 1 saturated carbocycles. The maximum absolute atomic E-state index is 14.3. The highest BCUT2D eigenvalue weighted by molar-refractivity contribution is 7.11. The topological polar surface area (TPSA) is 106 Å². The molecule has 1 aromatic rings. The second-order valence-corrected chi connectivity index (χ2v) is 16.5. The van der Waals surface area contributed by atoms with Crippen LogP contribution in [0.3, 0.4) is 0 Å². The van der Waals surface area contributed by atoms with Crippen molar-refractivity contribution in [1.82, 2.24) is 29.9 Å². The number of carbonyl (C=O) groups excluding carboxylic acids is 4. The SMILES string of the molecule is Cc1sc2nc1CC(=O)N1CC[C@@H](CC(=O)N3CCCC3)[C@@H](CC(=O)N3C[C@@H](NC4CCC(F)(F)CC4)C[C@H]3C(=O)N3CCC2CC3)C1. The number of nitrogens with one attached hydrogen (secondary N) is 1. The van der Waals surface area contributed by atoms with Gasteiger partial charge in [-0.15, -0.1) is 11.3 Å². The van der Waals surface area contributed by atoms with Gasteiger partial charge in [0.25, 0.3) is 0 Å². The Morgan fingerprint density at radius 2 is 1.62 bits per heavy atom. The number of amides is 4. The minimum Gasteiger partial charge on any atom is -0.343 e. The average Bonchev–Trinajstić information content (AvgIpc) is 3.83. The molecular weight excluding hydrogens is 638 g/mol. The molecule has 0 radical (unpaired) electrons. The Kier molecular flexibility index (Phi) is 9.80. The molecule has 0 unspecified atom stereocenters. The van der Waals surface area contributed by atoms with E-state index in [-0.39, 0.29) is 79.1 Å². The van der Waals surface area contributed by atoms with Crippen LogP contribution in [0.4, 0.5) is 8.78 Å². The van der Waals surface area contributed by atoms with Crippen LogP contribution < -0.4 is 5.32 Å². The highest BCUT2D eigenvalue weighted by atomic mass is 32.1. The van der Waals surface area contributed by atoms with Crippen molar-refractivity contribution < 1.29 is 28.0 Å². The van der Waals surface area contributed by atoms with Crippen LogP contribution in [-0.4, -0.2) is 118 Å². The molecule has 1 aliphatic carbocycles. The van der Waals surface area contributed by atoms with E-state index in [1.165, 1.54) is 0 Å². The second kappa shape index (κ2) is 13.9. The van der Waals surface area contributed by atoms with Crippen LogP contribution in [0.25, 0.3) is 0 Å². The summed E-state index contributed by atoms with van der Waals surface area (Å²) in [6.45, 7) is 6.05. The third-order valence-corrected chi connectivity index (χ3v) is 13.2. The summed E-state index contributed by atoms with van der Waals surface area (Å²) in [6, 6.07) is -0.837. The van der Waals surface area contributed by atoms with E-state index in [1.807, 2.05) is 21.6 Å². The molecule has 0 spiro atoms. The number of alkyl halides is 2. The summed E-state index contributed by atoms with van der Waals surface area (Å²) in [7, 11) is 0. The summed E-state index contributed by atoms with van der Waals surface area (Å²) in [4.78, 5) is 69.0. The van der Waals surface area contributed by atoms with Crippen LogP contribution in [0.15, 0.2) is 0 Å². The van der Waals surface area contributed by atoms with Gasteiger partial charge in [-0.25, -0.2) is 13.8 Å². The van der Waals surface area contributed by atoms with Crippen molar-refractivity contribution in [1.29, 1.82) is 0 Å². The molecular formula is C35H50F2N6O4S. The van der Waals surface area contributed by atoms with Gasteiger partial charge in [0, 0.05) is 94.4 Å². The lowest BCUT2D eigenvalue weighted by Gasteiger charge is -2.40. The van der Waals surface area contributed by atoms with Gasteiger partial charge in [0.15, 0.2) is 0 Å². The van der Waals surface area contributed by atoms with Gasteiger partial charge in [0.05, 0.1) is 17.1 Å². The zero-order valence-electron chi connectivity index (χ0n) is 28.1. The van der Waals surface area contributed by atoms with Crippen molar-refractivity contribution in [2.24, 2.45) is 11.8 Å². The first-order valence-corrected chi connectivity index (χ1v) is 19.1. The third-order valence-electron chi connectivity index (χ3n) is 12.1. The molecule has 1 N–H and O–H groups in total. The number of aromatic nitrogens is 1. The summed E-state index contributed by atoms with van der Waals surface area (Å²) in [6.07, 6.45) is 5.91. The number of likely N-dealkylation sites (tertiary alicyclic amines) is 1. The zero-order valence-corrected chi connectivity index (χ0v) is 29.0. The van der Waals surface area contributed by atoms with Crippen LogP contribution in [0, 0.1) is 18.8 Å². The quantitative estimate of drug-likeness (QED) is 0.518. The van der Waals surface area contributed by atoms with Gasteiger partial charge in [-0.1, -0.05) is 0 Å². The first kappa shape index (κ1) is 33.8. The molecule has 264 valence electrons. The molecule has 8 rings (SSSR count). The van der Waals surface area contributed by atoms with Gasteiger partial charge in [-0.2, -0.15) is 0 Å². The average molecular weight is 689 g/mol. The van der Waals surface area contributed by atoms with Crippen LogP contribution in [0.5, 0.6) is 0 Å². The van der Waals surface area contributed by atoms with Gasteiger partial charge in [-0.05, 0) is 70.1 Å². The summed E-state index contributed by atoms with van der Waals surface area (Å²) in [5.41, 5.74) is 0.822. The summed E-state index contributed by atoms with van der Waals surface area (Å²) in [5.74, 6) is -2.66. The highest BCUT2D eigenvalue weighted by Crippen LogP contribution is 2.37. The smallest absolute Gasteiger partial charge is 0.248 e. The molecule has 10 nitrogen and oxygen atoms in total. The molecule has 5 fully saturated rings. The molecule has 4 atom stereocenters. The van der Waals surface area contributed by atoms with Gasteiger partial charge in [-0.3, -0.25) is 19.2 Å². The van der Waals surface area contributed by atoms with E-state index < -0.39 is 12.0 Å². The van der Waals surface area contributed by atoms with Crippen LogP contribution in [-0.2, 0) is 25.6 Å². The van der Waals surface area contributed by atoms with Crippen molar-refractivity contribution >= 4 is 35.0 Å². The fourth-order valence-corrected chi connectivity index (χ4v) is 10.2. The molecule has 4 amide bonds. The Hall–Kier alpha value is -2.67. The predicted octanol–water partition coefficient (Wildman–Crippen LogP) is 3.72. The van der Waals surface area contributed by atoms with E-state index in [9.17, 15) is 28.0 Å². The molecule has 0 aromatic carbocycles. The Bertz CT molecular complexity index is 1380. The number of nitrogens with zero attached hydrogens (tertiary/aromatic N) is 5. The number of aryl methyl sites for hydroxylation is 1. The number of thiazole rings is 1. The number of fused-ring (bicyclic) bond motifs is 4. The molecule has 4 saturated heterocycles. The molecule has 48 heavy (non-hydrogen) atoms. The lowest BCUT2D eigenvalue weighted by atomic mass is 9.80. The Balaban J connectivity index is 1.14. The highest BCUT2D eigenvalue weighted by Gasteiger charge is 2.45. The molecule has 13 heteroatoms. The van der Waals surface area contributed by atoms with Gasteiger partial charge >= 0.3 is 0 Å². The molecule has 6 aliphatic heterocycles. The minimum atomic E-state index is -2.62. The van der Waals surface area contributed by atoms with Crippen LogP contribution >= 0.6 is 11.3 Å². The van der Waals surface area contributed by atoms with E-state index >= 15 is 0 Å². The molecule has 6 bridgehead atoms. The summed E-state index contributed by atoms with van der Waals surface area (Å²) < 4.78 is 27.8. The van der Waals surface area contributed by atoms with E-state index in [4.69, 9.17) is 4.98 Å². The van der Waals surface area contributed by atoms with Crippen molar-refractivity contribution in [3.8, 4) is 0 Å². The molecule has 7 heterocycles. The fraction of sp³-hybridized carbons (Fsp3) is 0.800. The number of piperidine rings is 2. The van der Waals surface area contributed by atoms with Gasteiger partial charge in [0.2, 0.25) is 29.6 Å². The minimum absolute atomic E-state index is 0.00686. The fourth-order valence-electron chi connectivity index (χ4n) is 9.08. The van der Waals surface area contributed by atoms with Gasteiger partial charge in [0.1, 0.15) is 6.04 Å². The normalized spacial score (nSPS) is 30.7. The van der Waals surface area contributed by atoms with Crippen molar-refractivity contribution in [3.05, 3.63) is 15.6 Å². The first-order chi connectivity index (χ1) is 23.0. The first-order valence-electron chi connectivity index (χ1n) is 18.3. The lowest BCUT2D eigenvalue weighted by molar-refractivity contribution is -0.146. The zero-order chi connectivity index (χ0) is 33.6. The lowest BCUT2D eigenvalue weighted by Crippen LogP contribution is -2.51. The van der Waals surface area contributed by atoms with Gasteiger partial charge < -0.3 is 24.9 Å². The van der Waals surface area contributed by atoms with E-state index in [0.29, 0.717) is 64.8 Å². The molecule has 7 aliphatic rings. The van der Waals surface area contributed by atoms with Crippen molar-refractivity contribution in [2.75, 3.05) is 45.8 Å². The number of carbonyl (C=O) groups is 4. The maximum Gasteiger partial charge on any atom is 0.248 e. The Labute approximate surface area is 286 Å². The monoisotopic (exact) mass is 688 g/mol. The Morgan fingerprint density at radius 1 is 0.917 bits per heavy atom. The number of rotatable bonds is 4. The van der Waals surface area contributed by atoms with E-state index in [0.717, 1.165) is 54.4 Å². The number of hydrogen-bond acceptors (Lipinski definition) is 7.